The molecule has 1 aliphatic heterocycles. The summed E-state index contributed by atoms with van der Waals surface area (Å²) < 4.78 is 17.4. The van der Waals surface area contributed by atoms with Gasteiger partial charge in [0.2, 0.25) is 5.89 Å². The monoisotopic (exact) mass is 708 g/mol. The maximum atomic E-state index is 14.3. The molecular formula is C38H40N6O6S. The molecule has 13 heteroatoms. The third-order valence-corrected chi connectivity index (χ3v) is 9.74. The highest BCUT2D eigenvalue weighted by Crippen LogP contribution is 2.32. The van der Waals surface area contributed by atoms with E-state index in [9.17, 15) is 14.7 Å². The van der Waals surface area contributed by atoms with E-state index >= 15 is 0 Å². The molecule has 1 aliphatic rings. The van der Waals surface area contributed by atoms with Gasteiger partial charge in [0.15, 0.2) is 0 Å². The molecule has 0 radical (unpaired) electrons. The molecule has 3 aromatic carbocycles. The summed E-state index contributed by atoms with van der Waals surface area (Å²) in [6.07, 6.45) is 2.99. The Morgan fingerprint density at radius 1 is 0.980 bits per heavy atom. The van der Waals surface area contributed by atoms with E-state index in [2.05, 4.69) is 20.5 Å². The summed E-state index contributed by atoms with van der Waals surface area (Å²) in [7, 11) is 1.24. The molecule has 1 saturated heterocycles. The van der Waals surface area contributed by atoms with Crippen molar-refractivity contribution in [2.75, 3.05) is 30.9 Å². The molecule has 0 bridgehead atoms. The summed E-state index contributed by atoms with van der Waals surface area (Å²) in [5.74, 6) is -0.229. The number of anilines is 1. The maximum Gasteiger partial charge on any atom is 0.420 e. The first-order valence-electron chi connectivity index (χ1n) is 16.7. The van der Waals surface area contributed by atoms with Crippen LogP contribution in [0.4, 0.5) is 10.5 Å². The summed E-state index contributed by atoms with van der Waals surface area (Å²) in [5.41, 5.74) is 10.4. The van der Waals surface area contributed by atoms with Gasteiger partial charge in [-0.05, 0) is 47.7 Å². The molecule has 0 unspecified atom stereocenters. The lowest BCUT2D eigenvalue weighted by molar-refractivity contribution is -0.119. The lowest BCUT2D eigenvalue weighted by Gasteiger charge is -2.36. The van der Waals surface area contributed by atoms with Gasteiger partial charge in [-0.3, -0.25) is 9.78 Å². The van der Waals surface area contributed by atoms with Crippen LogP contribution in [0.25, 0.3) is 11.5 Å². The summed E-state index contributed by atoms with van der Waals surface area (Å²) in [6, 6.07) is 28.6. The van der Waals surface area contributed by atoms with Crippen molar-refractivity contribution >= 4 is 29.4 Å². The molecule has 12 nitrogen and oxygen atoms in total. The van der Waals surface area contributed by atoms with Gasteiger partial charge in [0.05, 0.1) is 43.7 Å². The van der Waals surface area contributed by atoms with Crippen LogP contribution in [-0.4, -0.2) is 82.6 Å². The third-order valence-electron chi connectivity index (χ3n) is 8.83. The number of nitrogens with zero attached hydrogens (tertiary/aromatic N) is 4. The van der Waals surface area contributed by atoms with Crippen molar-refractivity contribution in [3.8, 4) is 11.5 Å². The highest BCUT2D eigenvalue weighted by atomic mass is 32.2. The van der Waals surface area contributed by atoms with Gasteiger partial charge < -0.3 is 30.0 Å². The van der Waals surface area contributed by atoms with E-state index in [1.54, 1.807) is 36.7 Å². The number of methoxy groups -OCH3 is 1. The fourth-order valence-corrected chi connectivity index (χ4v) is 7.07. The zero-order valence-corrected chi connectivity index (χ0v) is 28.9. The Morgan fingerprint density at radius 2 is 1.65 bits per heavy atom. The number of aliphatic hydroxyl groups is 1. The first kappa shape index (κ1) is 35.9. The third kappa shape index (κ3) is 8.70. The SMILES string of the molecule is COC(=O)N(C(=O)[C@@H](N)C(c1ccccc1)c1ccccc1)c1ccccc1CC[C@@H]1CN[C@H](CO)[C@@H](CSc2nnc(-c3ccncc3)o2)O1. The van der Waals surface area contributed by atoms with E-state index in [1.807, 2.05) is 72.8 Å². The van der Waals surface area contributed by atoms with Crippen LogP contribution in [0.15, 0.2) is 119 Å². The summed E-state index contributed by atoms with van der Waals surface area (Å²) in [5, 5.41) is 22.1. The maximum absolute atomic E-state index is 14.3. The normalized spacial score (nSPS) is 17.9. The number of pyridine rings is 1. The average Bonchev–Trinajstić information content (AvgIpc) is 3.67. The van der Waals surface area contributed by atoms with E-state index in [0.717, 1.165) is 27.2 Å². The fraction of sp³-hybridized carbons (Fsp3) is 0.289. The van der Waals surface area contributed by atoms with Gasteiger partial charge in [0, 0.05) is 36.2 Å². The zero-order chi connectivity index (χ0) is 35.6. The van der Waals surface area contributed by atoms with Crippen LogP contribution in [0.1, 0.15) is 29.0 Å². The highest BCUT2D eigenvalue weighted by molar-refractivity contribution is 7.99. The second kappa shape index (κ2) is 17.3. The van der Waals surface area contributed by atoms with E-state index in [1.165, 1.54) is 18.9 Å². The number of para-hydroxylation sites is 1. The second-order valence-electron chi connectivity index (χ2n) is 12.0. The number of ether oxygens (including phenoxy) is 2. The smallest absolute Gasteiger partial charge is 0.420 e. The number of hydrogen-bond donors (Lipinski definition) is 3. The van der Waals surface area contributed by atoms with Crippen molar-refractivity contribution in [1.82, 2.24) is 20.5 Å². The number of morpholine rings is 1. The number of rotatable bonds is 13. The van der Waals surface area contributed by atoms with Crippen molar-refractivity contribution in [3.05, 3.63) is 126 Å². The topological polar surface area (TPSA) is 166 Å². The van der Waals surface area contributed by atoms with Gasteiger partial charge in [0.25, 0.3) is 11.1 Å². The molecule has 0 aliphatic carbocycles. The first-order valence-corrected chi connectivity index (χ1v) is 17.7. The van der Waals surface area contributed by atoms with Gasteiger partial charge in [-0.2, -0.15) is 0 Å². The molecule has 6 rings (SSSR count). The molecule has 4 N–H and O–H groups in total. The predicted molar refractivity (Wildman–Crippen MR) is 193 cm³/mol. The minimum atomic E-state index is -1.10. The van der Waals surface area contributed by atoms with E-state index in [4.69, 9.17) is 19.6 Å². The Balaban J connectivity index is 1.16. The summed E-state index contributed by atoms with van der Waals surface area (Å²) in [6.45, 7) is 0.415. The van der Waals surface area contributed by atoms with E-state index < -0.39 is 24.0 Å². The number of carbonyl (C=O) groups is 2. The molecule has 2 amide bonds. The van der Waals surface area contributed by atoms with Crippen LogP contribution >= 0.6 is 11.8 Å². The lowest BCUT2D eigenvalue weighted by Crippen LogP contribution is -2.55. The summed E-state index contributed by atoms with van der Waals surface area (Å²) >= 11 is 1.36. The number of amides is 2. The number of nitrogens with one attached hydrogen (secondary N) is 1. The predicted octanol–water partition coefficient (Wildman–Crippen LogP) is 4.83. The van der Waals surface area contributed by atoms with E-state index in [0.29, 0.717) is 41.9 Å². The first-order chi connectivity index (χ1) is 25.0. The number of thioether (sulfide) groups is 1. The Bertz CT molecular complexity index is 1830. The van der Waals surface area contributed by atoms with Gasteiger partial charge >= 0.3 is 6.09 Å². The van der Waals surface area contributed by atoms with Gasteiger partial charge in [0.1, 0.15) is 0 Å². The molecule has 0 saturated carbocycles. The quantitative estimate of drug-likeness (QED) is 0.143. The summed E-state index contributed by atoms with van der Waals surface area (Å²) in [4.78, 5) is 32.7. The minimum Gasteiger partial charge on any atom is -0.452 e. The number of imide groups is 1. The van der Waals surface area contributed by atoms with Crippen molar-refractivity contribution in [1.29, 1.82) is 0 Å². The van der Waals surface area contributed by atoms with Gasteiger partial charge in [-0.15, -0.1) is 10.2 Å². The molecule has 2 aromatic heterocycles. The van der Waals surface area contributed by atoms with Crippen LogP contribution in [0.3, 0.4) is 0 Å². The molecule has 1 fully saturated rings. The average molecular weight is 709 g/mol. The number of benzene rings is 3. The molecule has 0 spiro atoms. The lowest BCUT2D eigenvalue weighted by atomic mass is 9.84. The molecule has 51 heavy (non-hydrogen) atoms. The number of aliphatic hydroxyl groups excluding tert-OH is 1. The number of aromatic nitrogens is 3. The Morgan fingerprint density at radius 3 is 2.31 bits per heavy atom. The van der Waals surface area contributed by atoms with Crippen LogP contribution < -0.4 is 16.0 Å². The highest BCUT2D eigenvalue weighted by Gasteiger charge is 2.37. The number of hydrogen-bond acceptors (Lipinski definition) is 12. The zero-order valence-electron chi connectivity index (χ0n) is 28.1. The molecular weight excluding hydrogens is 669 g/mol. The van der Waals surface area contributed by atoms with Gasteiger partial charge in [-0.25, -0.2) is 9.69 Å². The van der Waals surface area contributed by atoms with Crippen LogP contribution in [0.2, 0.25) is 0 Å². The second-order valence-corrected chi connectivity index (χ2v) is 13.0. The largest absolute Gasteiger partial charge is 0.452 e. The number of aryl methyl sites for hydroxylation is 1. The fourth-order valence-electron chi connectivity index (χ4n) is 6.22. The standard InChI is InChI=1S/C38H40N6O6S/c1-48-38(47)44(36(46)34(39)33(26-11-4-2-5-12-26)27-13-6-3-7-14-27)31-15-9-8-10-25(31)16-17-29-22-41-30(23-45)32(49-29)24-51-37-43-42-35(50-37)28-18-20-40-21-19-28/h2-15,18-21,29-30,32-34,41,45H,16-17,22-24,39H2,1H3/t29-,30-,32-,34+/m1/s1. The van der Waals surface area contributed by atoms with Crippen molar-refractivity contribution in [2.45, 2.75) is 48.3 Å². The Labute approximate surface area is 300 Å². The van der Waals surface area contributed by atoms with E-state index in [-0.39, 0.29) is 24.9 Å². The molecule has 264 valence electrons. The Kier molecular flexibility index (Phi) is 12.2. The minimum absolute atomic E-state index is 0.101. The molecule has 3 heterocycles. The van der Waals surface area contributed by atoms with Crippen LogP contribution in [0.5, 0.6) is 0 Å². The van der Waals surface area contributed by atoms with Crippen LogP contribution in [0, 0.1) is 0 Å². The number of carbonyl (C=O) groups excluding carboxylic acids is 2. The van der Waals surface area contributed by atoms with Crippen LogP contribution in [-0.2, 0) is 20.7 Å². The van der Waals surface area contributed by atoms with Crippen molar-refractivity contribution < 1.29 is 28.6 Å². The molecule has 4 atom stereocenters. The van der Waals surface area contributed by atoms with Crippen molar-refractivity contribution in [3.63, 3.8) is 0 Å². The van der Waals surface area contributed by atoms with Gasteiger partial charge in [-0.1, -0.05) is 90.6 Å². The Hall–Kier alpha value is -4.92. The van der Waals surface area contributed by atoms with Crippen molar-refractivity contribution in [2.24, 2.45) is 5.73 Å². The number of nitrogens with two attached hydrogens (primary N) is 1. The molecule has 5 aromatic rings.